The van der Waals surface area contributed by atoms with E-state index in [2.05, 4.69) is 32.8 Å². The number of imidazole rings is 1. The van der Waals surface area contributed by atoms with Gasteiger partial charge in [-0.3, -0.25) is 4.98 Å². The summed E-state index contributed by atoms with van der Waals surface area (Å²) in [5.74, 6) is 0.884. The lowest BCUT2D eigenvalue weighted by atomic mass is 10.1. The maximum atomic E-state index is 4.45. The van der Waals surface area contributed by atoms with Gasteiger partial charge in [0.15, 0.2) is 0 Å². The summed E-state index contributed by atoms with van der Waals surface area (Å²) in [7, 11) is 1.89. The van der Waals surface area contributed by atoms with Crippen LogP contribution in [-0.4, -0.2) is 21.6 Å². The Labute approximate surface area is 102 Å². The van der Waals surface area contributed by atoms with Crippen molar-refractivity contribution in [1.29, 1.82) is 0 Å². The number of anilines is 1. The van der Waals surface area contributed by atoms with Crippen LogP contribution in [0.25, 0.3) is 0 Å². The van der Waals surface area contributed by atoms with Crippen molar-refractivity contribution >= 4 is 5.95 Å². The van der Waals surface area contributed by atoms with Gasteiger partial charge in [0.05, 0.1) is 17.9 Å². The fourth-order valence-electron chi connectivity index (χ4n) is 1.96. The largest absolute Gasteiger partial charge is 0.359 e. The molecule has 0 radical (unpaired) electrons. The lowest BCUT2D eigenvalue weighted by Gasteiger charge is -2.09. The van der Waals surface area contributed by atoms with Crippen LogP contribution in [0.15, 0.2) is 24.5 Å². The standard InChI is InChI=1S/C13H18N4/c1-4-11-6-5-7-15-12(11)9-17-8-10(2)16-13(17)14-3/h5-8H,4,9H2,1-3H3,(H,14,16). The fraction of sp³-hybridized carbons (Fsp3) is 0.385. The topological polar surface area (TPSA) is 42.7 Å². The number of nitrogens with one attached hydrogen (secondary N) is 1. The van der Waals surface area contributed by atoms with E-state index in [1.54, 1.807) is 0 Å². The van der Waals surface area contributed by atoms with Crippen LogP contribution in [0.1, 0.15) is 23.9 Å². The van der Waals surface area contributed by atoms with Crippen LogP contribution in [0.3, 0.4) is 0 Å². The Morgan fingerprint density at radius 3 is 2.94 bits per heavy atom. The van der Waals surface area contributed by atoms with Crippen LogP contribution >= 0.6 is 0 Å². The average Bonchev–Trinajstić information content (AvgIpc) is 2.70. The highest BCUT2D eigenvalue weighted by Crippen LogP contribution is 2.13. The summed E-state index contributed by atoms with van der Waals surface area (Å²) in [6.07, 6.45) is 4.89. The van der Waals surface area contributed by atoms with Crippen molar-refractivity contribution in [3.8, 4) is 0 Å². The molecule has 0 unspecified atom stereocenters. The molecule has 0 saturated carbocycles. The van der Waals surface area contributed by atoms with Crippen molar-refractivity contribution in [3.63, 3.8) is 0 Å². The number of rotatable bonds is 4. The van der Waals surface area contributed by atoms with Crippen molar-refractivity contribution in [3.05, 3.63) is 41.5 Å². The van der Waals surface area contributed by atoms with Crippen LogP contribution in [0.2, 0.25) is 0 Å². The van der Waals surface area contributed by atoms with Crippen molar-refractivity contribution < 1.29 is 0 Å². The molecular formula is C13H18N4. The highest BCUT2D eigenvalue weighted by Gasteiger charge is 2.07. The lowest BCUT2D eigenvalue weighted by molar-refractivity contribution is 0.767. The van der Waals surface area contributed by atoms with E-state index in [0.29, 0.717) is 0 Å². The van der Waals surface area contributed by atoms with E-state index in [1.807, 2.05) is 32.4 Å². The fourth-order valence-corrected chi connectivity index (χ4v) is 1.96. The van der Waals surface area contributed by atoms with Gasteiger partial charge < -0.3 is 9.88 Å². The second-order valence-corrected chi connectivity index (χ2v) is 4.05. The summed E-state index contributed by atoms with van der Waals surface area (Å²) < 4.78 is 2.09. The summed E-state index contributed by atoms with van der Waals surface area (Å²) in [5.41, 5.74) is 3.42. The summed E-state index contributed by atoms with van der Waals surface area (Å²) in [4.78, 5) is 8.86. The Morgan fingerprint density at radius 1 is 1.41 bits per heavy atom. The smallest absolute Gasteiger partial charge is 0.203 e. The zero-order chi connectivity index (χ0) is 12.3. The molecule has 0 bridgehead atoms. The quantitative estimate of drug-likeness (QED) is 0.876. The molecule has 0 aliphatic rings. The molecule has 2 heterocycles. The first-order valence-corrected chi connectivity index (χ1v) is 5.89. The Bertz CT molecular complexity index is 502. The molecule has 0 aliphatic carbocycles. The second-order valence-electron chi connectivity index (χ2n) is 4.05. The van der Waals surface area contributed by atoms with E-state index in [9.17, 15) is 0 Å². The van der Waals surface area contributed by atoms with Gasteiger partial charge in [0.25, 0.3) is 0 Å². The number of hydrogen-bond acceptors (Lipinski definition) is 3. The molecule has 4 nitrogen and oxygen atoms in total. The van der Waals surface area contributed by atoms with Gasteiger partial charge >= 0.3 is 0 Å². The van der Waals surface area contributed by atoms with Gasteiger partial charge in [-0.05, 0) is 25.0 Å². The van der Waals surface area contributed by atoms with Crippen molar-refractivity contribution in [1.82, 2.24) is 14.5 Å². The summed E-state index contributed by atoms with van der Waals surface area (Å²) >= 11 is 0. The van der Waals surface area contributed by atoms with Crippen LogP contribution in [0.4, 0.5) is 5.95 Å². The number of nitrogens with zero attached hydrogens (tertiary/aromatic N) is 3. The Balaban J connectivity index is 2.30. The molecule has 0 amide bonds. The minimum Gasteiger partial charge on any atom is -0.359 e. The second kappa shape index (κ2) is 4.99. The van der Waals surface area contributed by atoms with Gasteiger partial charge in [-0.25, -0.2) is 4.98 Å². The zero-order valence-corrected chi connectivity index (χ0v) is 10.6. The first-order chi connectivity index (χ1) is 8.24. The first-order valence-electron chi connectivity index (χ1n) is 5.89. The molecule has 4 heteroatoms. The number of aromatic nitrogens is 3. The minimum absolute atomic E-state index is 0.765. The number of pyridine rings is 1. The minimum atomic E-state index is 0.765. The highest BCUT2D eigenvalue weighted by atomic mass is 15.2. The van der Waals surface area contributed by atoms with E-state index >= 15 is 0 Å². The molecule has 2 rings (SSSR count). The van der Waals surface area contributed by atoms with Crippen LogP contribution < -0.4 is 5.32 Å². The van der Waals surface area contributed by atoms with E-state index in [4.69, 9.17) is 0 Å². The predicted octanol–water partition coefficient (Wildman–Crippen LogP) is 2.24. The lowest BCUT2D eigenvalue weighted by Crippen LogP contribution is -2.07. The Kier molecular flexibility index (Phi) is 3.42. The molecular weight excluding hydrogens is 212 g/mol. The van der Waals surface area contributed by atoms with Crippen molar-refractivity contribution in [2.45, 2.75) is 26.8 Å². The molecule has 0 spiro atoms. The molecule has 17 heavy (non-hydrogen) atoms. The predicted molar refractivity (Wildman–Crippen MR) is 69.2 cm³/mol. The van der Waals surface area contributed by atoms with Gasteiger partial charge in [-0.15, -0.1) is 0 Å². The molecule has 90 valence electrons. The summed E-state index contributed by atoms with van der Waals surface area (Å²) in [6.45, 7) is 4.91. The van der Waals surface area contributed by atoms with E-state index < -0.39 is 0 Å². The molecule has 0 fully saturated rings. The van der Waals surface area contributed by atoms with Crippen LogP contribution in [0.5, 0.6) is 0 Å². The molecule has 2 aromatic heterocycles. The van der Waals surface area contributed by atoms with Gasteiger partial charge in [0.1, 0.15) is 0 Å². The third-order valence-corrected chi connectivity index (χ3v) is 2.81. The number of hydrogen-bond donors (Lipinski definition) is 1. The van der Waals surface area contributed by atoms with Gasteiger partial charge in [0.2, 0.25) is 5.95 Å². The van der Waals surface area contributed by atoms with E-state index in [1.165, 1.54) is 5.56 Å². The molecule has 0 atom stereocenters. The molecule has 0 saturated heterocycles. The Morgan fingerprint density at radius 2 is 2.24 bits per heavy atom. The zero-order valence-electron chi connectivity index (χ0n) is 10.6. The third-order valence-electron chi connectivity index (χ3n) is 2.81. The third kappa shape index (κ3) is 2.46. The average molecular weight is 230 g/mol. The molecule has 0 aliphatic heterocycles. The summed E-state index contributed by atoms with van der Waals surface area (Å²) in [5, 5.41) is 3.10. The highest BCUT2D eigenvalue weighted by molar-refractivity contribution is 5.30. The maximum absolute atomic E-state index is 4.45. The first kappa shape index (κ1) is 11.6. The molecule has 1 N–H and O–H groups in total. The van der Waals surface area contributed by atoms with Gasteiger partial charge in [-0.1, -0.05) is 13.0 Å². The Hall–Kier alpha value is -1.84. The summed E-state index contributed by atoms with van der Waals surface area (Å²) in [6, 6.07) is 4.12. The molecule has 0 aromatic carbocycles. The van der Waals surface area contributed by atoms with E-state index in [-0.39, 0.29) is 0 Å². The van der Waals surface area contributed by atoms with E-state index in [0.717, 1.165) is 30.3 Å². The van der Waals surface area contributed by atoms with Crippen LogP contribution in [0, 0.1) is 6.92 Å². The van der Waals surface area contributed by atoms with Gasteiger partial charge in [-0.2, -0.15) is 0 Å². The van der Waals surface area contributed by atoms with Gasteiger partial charge in [0, 0.05) is 19.4 Å². The SMILES string of the molecule is CCc1cccnc1Cn1cc(C)nc1NC. The monoisotopic (exact) mass is 230 g/mol. The number of aryl methyl sites for hydroxylation is 2. The van der Waals surface area contributed by atoms with Crippen LogP contribution in [-0.2, 0) is 13.0 Å². The van der Waals surface area contributed by atoms with Crippen molar-refractivity contribution in [2.75, 3.05) is 12.4 Å². The maximum Gasteiger partial charge on any atom is 0.203 e. The normalized spacial score (nSPS) is 10.5. The molecule has 2 aromatic rings. The van der Waals surface area contributed by atoms with Crippen molar-refractivity contribution in [2.24, 2.45) is 0 Å².